The molecule has 4 nitrogen and oxygen atoms in total. The largest absolute Gasteiger partial charge is 0.497 e. The van der Waals surface area contributed by atoms with Crippen molar-refractivity contribution in [2.45, 2.75) is 36.5 Å². The van der Waals surface area contributed by atoms with Crippen LogP contribution in [-0.4, -0.2) is 37.4 Å². The van der Waals surface area contributed by atoms with Crippen LogP contribution in [0, 0.1) is 5.92 Å². The predicted octanol–water partition coefficient (Wildman–Crippen LogP) is 2.71. The highest BCUT2D eigenvalue weighted by atomic mass is 35.5. The number of halogens is 1. The second kappa shape index (κ2) is 9.28. The summed E-state index contributed by atoms with van der Waals surface area (Å²) in [6, 6.07) is 8.04. The van der Waals surface area contributed by atoms with E-state index < -0.39 is 0 Å². The van der Waals surface area contributed by atoms with E-state index in [-0.39, 0.29) is 29.6 Å². The summed E-state index contributed by atoms with van der Waals surface area (Å²) in [6.45, 7) is 6.06. The summed E-state index contributed by atoms with van der Waals surface area (Å²) in [5.41, 5.74) is 0. The number of nitrogens with one attached hydrogen (secondary N) is 2. The van der Waals surface area contributed by atoms with E-state index in [0.717, 1.165) is 30.2 Å². The number of amides is 1. The molecule has 0 radical (unpaired) electrons. The predicted molar refractivity (Wildman–Crippen MR) is 94.1 cm³/mol. The summed E-state index contributed by atoms with van der Waals surface area (Å²) < 4.78 is 5.14. The van der Waals surface area contributed by atoms with Gasteiger partial charge in [0.1, 0.15) is 5.75 Å². The zero-order valence-electron chi connectivity index (χ0n) is 13.3. The summed E-state index contributed by atoms with van der Waals surface area (Å²) in [6.07, 6.45) is 1.12. The SMILES string of the molecule is COc1ccc(SC(C)C(=O)NC2CNCCC2C)cc1.Cl. The van der Waals surface area contributed by atoms with Crippen LogP contribution in [0.1, 0.15) is 20.3 Å². The smallest absolute Gasteiger partial charge is 0.233 e. The molecule has 1 heterocycles. The highest BCUT2D eigenvalue weighted by molar-refractivity contribution is 8.00. The normalized spacial score (nSPS) is 22.3. The molecule has 0 saturated carbocycles. The zero-order valence-corrected chi connectivity index (χ0v) is 14.9. The third kappa shape index (κ3) is 5.38. The molecular formula is C16H25ClN2O2S. The molecule has 0 aliphatic carbocycles. The van der Waals surface area contributed by atoms with E-state index in [9.17, 15) is 4.79 Å². The lowest BCUT2D eigenvalue weighted by atomic mass is 9.95. The van der Waals surface area contributed by atoms with Crippen molar-refractivity contribution in [3.05, 3.63) is 24.3 Å². The maximum absolute atomic E-state index is 12.3. The van der Waals surface area contributed by atoms with Crippen LogP contribution in [0.5, 0.6) is 5.75 Å². The van der Waals surface area contributed by atoms with Gasteiger partial charge in [-0.3, -0.25) is 4.79 Å². The van der Waals surface area contributed by atoms with Crippen LogP contribution >= 0.6 is 24.2 Å². The number of ether oxygens (including phenoxy) is 1. The first-order chi connectivity index (χ1) is 10.1. The minimum Gasteiger partial charge on any atom is -0.497 e. The first-order valence-electron chi connectivity index (χ1n) is 7.42. The van der Waals surface area contributed by atoms with Crippen molar-refractivity contribution in [3.8, 4) is 5.75 Å². The number of piperidine rings is 1. The van der Waals surface area contributed by atoms with Gasteiger partial charge in [-0.1, -0.05) is 6.92 Å². The van der Waals surface area contributed by atoms with Crippen molar-refractivity contribution in [2.75, 3.05) is 20.2 Å². The summed E-state index contributed by atoms with van der Waals surface area (Å²) in [5.74, 6) is 1.48. The quantitative estimate of drug-likeness (QED) is 0.806. The van der Waals surface area contributed by atoms with Crippen molar-refractivity contribution in [3.63, 3.8) is 0 Å². The van der Waals surface area contributed by atoms with Gasteiger partial charge in [0.15, 0.2) is 0 Å². The Labute approximate surface area is 143 Å². The van der Waals surface area contributed by atoms with Crippen molar-refractivity contribution >= 4 is 30.1 Å². The van der Waals surface area contributed by atoms with Gasteiger partial charge < -0.3 is 15.4 Å². The molecule has 3 atom stereocenters. The van der Waals surface area contributed by atoms with Gasteiger partial charge in [0.25, 0.3) is 0 Å². The van der Waals surface area contributed by atoms with Crippen LogP contribution in [0.3, 0.4) is 0 Å². The van der Waals surface area contributed by atoms with E-state index in [1.54, 1.807) is 18.9 Å². The molecule has 2 N–H and O–H groups in total. The average Bonchev–Trinajstić information content (AvgIpc) is 2.50. The number of hydrogen-bond acceptors (Lipinski definition) is 4. The number of hydrogen-bond donors (Lipinski definition) is 2. The minimum atomic E-state index is -0.104. The first-order valence-corrected chi connectivity index (χ1v) is 8.30. The minimum absolute atomic E-state index is 0. The molecule has 1 aliphatic rings. The highest BCUT2D eigenvalue weighted by Gasteiger charge is 2.24. The zero-order chi connectivity index (χ0) is 15.2. The Bertz CT molecular complexity index is 470. The van der Waals surface area contributed by atoms with E-state index in [2.05, 4.69) is 17.6 Å². The average molecular weight is 345 g/mol. The molecule has 1 fully saturated rings. The van der Waals surface area contributed by atoms with E-state index in [4.69, 9.17) is 4.74 Å². The van der Waals surface area contributed by atoms with E-state index in [0.29, 0.717) is 5.92 Å². The number of rotatable bonds is 5. The van der Waals surface area contributed by atoms with Crippen molar-refractivity contribution in [1.82, 2.24) is 10.6 Å². The molecule has 1 saturated heterocycles. The van der Waals surface area contributed by atoms with Crippen LogP contribution in [-0.2, 0) is 4.79 Å². The summed E-state index contributed by atoms with van der Waals surface area (Å²) in [5, 5.41) is 6.40. The van der Waals surface area contributed by atoms with E-state index in [1.165, 1.54) is 0 Å². The fourth-order valence-corrected chi connectivity index (χ4v) is 3.27. The third-order valence-corrected chi connectivity index (χ3v) is 5.01. The van der Waals surface area contributed by atoms with E-state index in [1.807, 2.05) is 31.2 Å². The highest BCUT2D eigenvalue weighted by Crippen LogP contribution is 2.25. The van der Waals surface area contributed by atoms with Gasteiger partial charge in [-0.25, -0.2) is 0 Å². The van der Waals surface area contributed by atoms with Gasteiger partial charge in [-0.15, -0.1) is 24.2 Å². The maximum Gasteiger partial charge on any atom is 0.233 e. The summed E-state index contributed by atoms with van der Waals surface area (Å²) >= 11 is 1.57. The second-order valence-electron chi connectivity index (χ2n) is 5.52. The topological polar surface area (TPSA) is 50.4 Å². The first kappa shape index (κ1) is 19.1. The molecule has 1 aliphatic heterocycles. The standard InChI is InChI=1S/C16H24N2O2S.ClH/c1-11-8-9-17-10-15(11)18-16(19)12(2)21-14-6-4-13(20-3)5-7-14;/h4-7,11-12,15,17H,8-10H2,1-3H3,(H,18,19);1H. The Morgan fingerprint density at radius 3 is 2.68 bits per heavy atom. The molecule has 0 spiro atoms. The lowest BCUT2D eigenvalue weighted by Gasteiger charge is -2.31. The van der Waals surface area contributed by atoms with Crippen LogP contribution in [0.2, 0.25) is 0 Å². The maximum atomic E-state index is 12.3. The fourth-order valence-electron chi connectivity index (χ4n) is 2.39. The van der Waals surface area contributed by atoms with Crippen LogP contribution < -0.4 is 15.4 Å². The Morgan fingerprint density at radius 1 is 1.41 bits per heavy atom. The van der Waals surface area contributed by atoms with Crippen molar-refractivity contribution in [2.24, 2.45) is 5.92 Å². The van der Waals surface area contributed by atoms with Gasteiger partial charge in [0.2, 0.25) is 5.91 Å². The Hall–Kier alpha value is -0.910. The molecule has 1 aromatic rings. The summed E-state index contributed by atoms with van der Waals surface area (Å²) in [4.78, 5) is 13.4. The fraction of sp³-hybridized carbons (Fsp3) is 0.562. The van der Waals surface area contributed by atoms with Crippen LogP contribution in [0.4, 0.5) is 0 Å². The van der Waals surface area contributed by atoms with E-state index >= 15 is 0 Å². The van der Waals surface area contributed by atoms with Gasteiger partial charge in [-0.05, 0) is 50.1 Å². The molecular weight excluding hydrogens is 320 g/mol. The van der Waals surface area contributed by atoms with Gasteiger partial charge in [0, 0.05) is 17.5 Å². The summed E-state index contributed by atoms with van der Waals surface area (Å²) in [7, 11) is 1.65. The number of carbonyl (C=O) groups is 1. The van der Waals surface area contributed by atoms with Gasteiger partial charge >= 0.3 is 0 Å². The Balaban J connectivity index is 0.00000242. The number of thioether (sulfide) groups is 1. The second-order valence-corrected chi connectivity index (χ2v) is 6.93. The molecule has 3 unspecified atom stereocenters. The third-order valence-electron chi connectivity index (χ3n) is 3.90. The Morgan fingerprint density at radius 2 is 2.09 bits per heavy atom. The molecule has 124 valence electrons. The molecule has 6 heteroatoms. The number of carbonyl (C=O) groups excluding carboxylic acids is 1. The molecule has 2 rings (SSSR count). The van der Waals surface area contributed by atoms with Crippen LogP contribution in [0.15, 0.2) is 29.2 Å². The molecule has 1 aromatic carbocycles. The number of benzene rings is 1. The monoisotopic (exact) mass is 344 g/mol. The molecule has 22 heavy (non-hydrogen) atoms. The molecule has 0 bridgehead atoms. The lowest BCUT2D eigenvalue weighted by Crippen LogP contribution is -2.51. The van der Waals surface area contributed by atoms with Gasteiger partial charge in [0.05, 0.1) is 12.4 Å². The number of methoxy groups -OCH3 is 1. The Kier molecular flexibility index (Phi) is 8.07. The van der Waals surface area contributed by atoms with Crippen molar-refractivity contribution < 1.29 is 9.53 Å². The van der Waals surface area contributed by atoms with Crippen LogP contribution in [0.25, 0.3) is 0 Å². The van der Waals surface area contributed by atoms with Crippen molar-refractivity contribution in [1.29, 1.82) is 0 Å². The van der Waals surface area contributed by atoms with Gasteiger partial charge in [-0.2, -0.15) is 0 Å². The molecule has 0 aromatic heterocycles. The molecule has 1 amide bonds. The lowest BCUT2D eigenvalue weighted by molar-refractivity contribution is -0.121.